The summed E-state index contributed by atoms with van der Waals surface area (Å²) in [5.74, 6) is -0.193. The van der Waals surface area contributed by atoms with Crippen LogP contribution in [0.15, 0.2) is 18.2 Å². The van der Waals surface area contributed by atoms with E-state index in [0.29, 0.717) is 0 Å². The Hall–Kier alpha value is -1.51. The van der Waals surface area contributed by atoms with Crippen LogP contribution in [0.3, 0.4) is 0 Å². The molecule has 17 heavy (non-hydrogen) atoms. The van der Waals surface area contributed by atoms with Crippen molar-refractivity contribution >= 4 is 11.7 Å². The number of carbonyl (C=O) groups is 1. The van der Waals surface area contributed by atoms with Crippen molar-refractivity contribution in [3.63, 3.8) is 0 Å². The number of hydrogen-bond donors (Lipinski definition) is 0. The smallest absolute Gasteiger partial charge is 0.325 e. The van der Waals surface area contributed by atoms with E-state index in [1.54, 1.807) is 0 Å². The van der Waals surface area contributed by atoms with Crippen molar-refractivity contribution in [1.29, 1.82) is 0 Å². The summed E-state index contributed by atoms with van der Waals surface area (Å²) in [6.45, 7) is 8.10. The van der Waals surface area contributed by atoms with Crippen LogP contribution in [0, 0.1) is 13.8 Å². The molecular weight excluding hydrogens is 214 g/mol. The van der Waals surface area contributed by atoms with Crippen LogP contribution in [0.2, 0.25) is 0 Å². The van der Waals surface area contributed by atoms with Crippen LogP contribution in [0.4, 0.5) is 5.69 Å². The number of aryl methyl sites for hydroxylation is 2. The van der Waals surface area contributed by atoms with Gasteiger partial charge in [-0.05, 0) is 51.0 Å². The fourth-order valence-corrected chi connectivity index (χ4v) is 1.76. The lowest BCUT2D eigenvalue weighted by Crippen LogP contribution is -2.28. The van der Waals surface area contributed by atoms with Gasteiger partial charge in [-0.15, -0.1) is 0 Å². The van der Waals surface area contributed by atoms with Gasteiger partial charge in [-0.3, -0.25) is 4.79 Å². The van der Waals surface area contributed by atoms with Crippen LogP contribution in [0.1, 0.15) is 25.0 Å². The molecule has 0 fully saturated rings. The summed E-state index contributed by atoms with van der Waals surface area (Å²) in [5, 5.41) is 0. The van der Waals surface area contributed by atoms with Crippen molar-refractivity contribution < 1.29 is 9.53 Å². The van der Waals surface area contributed by atoms with Crippen LogP contribution in [0.25, 0.3) is 0 Å². The third-order valence-electron chi connectivity index (χ3n) is 2.38. The summed E-state index contributed by atoms with van der Waals surface area (Å²) in [6, 6.07) is 6.25. The number of benzene rings is 1. The molecule has 94 valence electrons. The molecule has 0 bridgehead atoms. The molecule has 1 rings (SSSR count). The topological polar surface area (TPSA) is 29.5 Å². The lowest BCUT2D eigenvalue weighted by atomic mass is 10.1. The summed E-state index contributed by atoms with van der Waals surface area (Å²) in [5.41, 5.74) is 3.44. The minimum Gasteiger partial charge on any atom is -0.462 e. The summed E-state index contributed by atoms with van der Waals surface area (Å²) in [4.78, 5) is 13.5. The minimum absolute atomic E-state index is 0.0601. The van der Waals surface area contributed by atoms with E-state index in [-0.39, 0.29) is 18.6 Å². The monoisotopic (exact) mass is 235 g/mol. The molecule has 0 unspecified atom stereocenters. The molecule has 0 atom stereocenters. The number of hydrogen-bond acceptors (Lipinski definition) is 3. The Morgan fingerprint density at radius 3 is 2.24 bits per heavy atom. The number of anilines is 1. The van der Waals surface area contributed by atoms with Crippen LogP contribution in [-0.4, -0.2) is 25.7 Å². The lowest BCUT2D eigenvalue weighted by Gasteiger charge is -2.20. The SMILES string of the molecule is Cc1cc(C)cc(N(C)CC(=O)OC(C)C)c1. The third-order valence-corrected chi connectivity index (χ3v) is 2.38. The second-order valence-electron chi connectivity index (χ2n) is 4.74. The van der Waals surface area contributed by atoms with E-state index in [9.17, 15) is 4.79 Å². The Morgan fingerprint density at radius 1 is 1.24 bits per heavy atom. The molecule has 0 saturated heterocycles. The van der Waals surface area contributed by atoms with Crippen molar-refractivity contribution in [3.8, 4) is 0 Å². The van der Waals surface area contributed by atoms with Crippen LogP contribution in [0.5, 0.6) is 0 Å². The number of esters is 1. The molecule has 1 aromatic carbocycles. The number of ether oxygens (including phenoxy) is 1. The van der Waals surface area contributed by atoms with E-state index >= 15 is 0 Å². The number of likely N-dealkylation sites (N-methyl/N-ethyl adjacent to an activating group) is 1. The maximum Gasteiger partial charge on any atom is 0.325 e. The van der Waals surface area contributed by atoms with Gasteiger partial charge in [-0.1, -0.05) is 6.07 Å². The van der Waals surface area contributed by atoms with Crippen molar-refractivity contribution in [1.82, 2.24) is 0 Å². The highest BCUT2D eigenvalue weighted by Gasteiger charge is 2.10. The molecule has 0 spiro atoms. The molecular formula is C14H21NO2. The highest BCUT2D eigenvalue weighted by molar-refractivity contribution is 5.76. The molecule has 1 aromatic rings. The molecule has 0 N–H and O–H groups in total. The van der Waals surface area contributed by atoms with Crippen molar-refractivity contribution in [2.45, 2.75) is 33.8 Å². The first-order chi connectivity index (χ1) is 7.88. The summed E-state index contributed by atoms with van der Waals surface area (Å²) >= 11 is 0. The molecule has 0 radical (unpaired) electrons. The number of nitrogens with zero attached hydrogens (tertiary/aromatic N) is 1. The summed E-state index contributed by atoms with van der Waals surface area (Å²) < 4.78 is 5.12. The van der Waals surface area contributed by atoms with E-state index < -0.39 is 0 Å². The molecule has 0 aliphatic carbocycles. The molecule has 0 aliphatic heterocycles. The first-order valence-electron chi connectivity index (χ1n) is 5.87. The van der Waals surface area contributed by atoms with E-state index in [2.05, 4.69) is 32.0 Å². The first-order valence-corrected chi connectivity index (χ1v) is 5.87. The molecule has 0 amide bonds. The number of carbonyl (C=O) groups excluding carboxylic acids is 1. The van der Waals surface area contributed by atoms with Gasteiger partial charge in [-0.2, -0.15) is 0 Å². The van der Waals surface area contributed by atoms with Gasteiger partial charge in [0.2, 0.25) is 0 Å². The second-order valence-corrected chi connectivity index (χ2v) is 4.74. The van der Waals surface area contributed by atoms with Gasteiger partial charge in [0.15, 0.2) is 0 Å². The molecule has 0 heterocycles. The number of rotatable bonds is 4. The Morgan fingerprint density at radius 2 is 1.76 bits per heavy atom. The fourth-order valence-electron chi connectivity index (χ4n) is 1.76. The van der Waals surface area contributed by atoms with Gasteiger partial charge in [0.1, 0.15) is 6.54 Å². The van der Waals surface area contributed by atoms with Crippen LogP contribution in [-0.2, 0) is 9.53 Å². The van der Waals surface area contributed by atoms with Crippen molar-refractivity contribution in [2.24, 2.45) is 0 Å². The van der Waals surface area contributed by atoms with Crippen LogP contribution < -0.4 is 4.90 Å². The maximum absolute atomic E-state index is 11.5. The van der Waals surface area contributed by atoms with E-state index in [1.807, 2.05) is 25.8 Å². The normalized spacial score (nSPS) is 10.5. The minimum atomic E-state index is -0.193. The zero-order valence-electron chi connectivity index (χ0n) is 11.3. The zero-order valence-corrected chi connectivity index (χ0v) is 11.3. The van der Waals surface area contributed by atoms with E-state index in [0.717, 1.165) is 5.69 Å². The average molecular weight is 235 g/mol. The summed E-state index contributed by atoms with van der Waals surface area (Å²) in [7, 11) is 1.90. The largest absolute Gasteiger partial charge is 0.462 e. The van der Waals surface area contributed by atoms with E-state index in [4.69, 9.17) is 4.74 Å². The molecule has 0 aromatic heterocycles. The zero-order chi connectivity index (χ0) is 13.0. The standard InChI is InChI=1S/C14H21NO2/c1-10(2)17-14(16)9-15(5)13-7-11(3)6-12(4)8-13/h6-8,10H,9H2,1-5H3. The Bertz CT molecular complexity index is 379. The van der Waals surface area contributed by atoms with Gasteiger partial charge in [0.05, 0.1) is 6.10 Å². The van der Waals surface area contributed by atoms with Crippen LogP contribution >= 0.6 is 0 Å². The van der Waals surface area contributed by atoms with Gasteiger partial charge in [0, 0.05) is 12.7 Å². The Kier molecular flexibility index (Phi) is 4.55. The van der Waals surface area contributed by atoms with Crippen molar-refractivity contribution in [2.75, 3.05) is 18.5 Å². The first kappa shape index (κ1) is 13.6. The average Bonchev–Trinajstić information content (AvgIpc) is 2.14. The highest BCUT2D eigenvalue weighted by atomic mass is 16.5. The highest BCUT2D eigenvalue weighted by Crippen LogP contribution is 2.17. The Labute approximate surface area is 103 Å². The van der Waals surface area contributed by atoms with E-state index in [1.165, 1.54) is 11.1 Å². The lowest BCUT2D eigenvalue weighted by molar-refractivity contribution is -0.145. The quantitative estimate of drug-likeness (QED) is 0.751. The summed E-state index contributed by atoms with van der Waals surface area (Å²) in [6.07, 6.45) is -0.0601. The predicted octanol–water partition coefficient (Wildman–Crippen LogP) is 2.69. The fraction of sp³-hybridized carbons (Fsp3) is 0.500. The maximum atomic E-state index is 11.5. The second kappa shape index (κ2) is 5.71. The molecule has 3 heteroatoms. The van der Waals surface area contributed by atoms with Gasteiger partial charge in [-0.25, -0.2) is 0 Å². The Balaban J connectivity index is 2.69. The third kappa shape index (κ3) is 4.47. The molecule has 0 aliphatic rings. The molecule has 0 saturated carbocycles. The van der Waals surface area contributed by atoms with Gasteiger partial charge < -0.3 is 9.64 Å². The molecule has 3 nitrogen and oxygen atoms in total. The predicted molar refractivity (Wildman–Crippen MR) is 70.4 cm³/mol. The van der Waals surface area contributed by atoms with Crippen molar-refractivity contribution in [3.05, 3.63) is 29.3 Å². The van der Waals surface area contributed by atoms with Gasteiger partial charge in [0.25, 0.3) is 0 Å². The van der Waals surface area contributed by atoms with Gasteiger partial charge >= 0.3 is 5.97 Å².